The topological polar surface area (TPSA) is 124 Å². The van der Waals surface area contributed by atoms with Crippen LogP contribution in [0.4, 0.5) is 30.2 Å². The number of alkyl halides is 3. The van der Waals surface area contributed by atoms with Crippen molar-refractivity contribution in [3.05, 3.63) is 61.6 Å². The van der Waals surface area contributed by atoms with Gasteiger partial charge in [0.2, 0.25) is 0 Å². The number of nitro groups is 2. The molecule has 2 heterocycles. The normalized spacial score (nSPS) is 16.1. The van der Waals surface area contributed by atoms with Gasteiger partial charge in [-0.2, -0.15) is 13.2 Å². The number of anilines is 1. The van der Waals surface area contributed by atoms with Crippen molar-refractivity contribution < 1.29 is 32.2 Å². The minimum absolute atomic E-state index is 0.0694. The van der Waals surface area contributed by atoms with Crippen molar-refractivity contribution in [1.29, 1.82) is 0 Å². The first kappa shape index (κ1) is 22.5. The minimum Gasteiger partial charge on any atom is -0.465 e. The van der Waals surface area contributed by atoms with E-state index < -0.39 is 44.7 Å². The van der Waals surface area contributed by atoms with Crippen LogP contribution in [0.1, 0.15) is 23.1 Å². The second-order valence-electron chi connectivity index (χ2n) is 6.89. The predicted molar refractivity (Wildman–Crippen MR) is 102 cm³/mol. The molecule has 31 heavy (non-hydrogen) atoms. The summed E-state index contributed by atoms with van der Waals surface area (Å²) < 4.78 is 50.3. The Balaban J connectivity index is 1.98. The smallest absolute Gasteiger partial charge is 0.416 e. The third-order valence-corrected chi connectivity index (χ3v) is 4.87. The fourth-order valence-corrected chi connectivity index (χ4v) is 3.37. The van der Waals surface area contributed by atoms with Gasteiger partial charge in [-0.05, 0) is 19.1 Å². The van der Waals surface area contributed by atoms with Gasteiger partial charge in [0.1, 0.15) is 11.5 Å². The molecule has 1 aromatic heterocycles. The lowest BCUT2D eigenvalue weighted by molar-refractivity contribution is -0.392. The fraction of sp³-hybridized carbons (Fsp3) is 0.444. The number of halogens is 3. The average Bonchev–Trinajstić information content (AvgIpc) is 3.13. The van der Waals surface area contributed by atoms with E-state index in [1.807, 2.05) is 4.90 Å². The summed E-state index contributed by atoms with van der Waals surface area (Å²) in [5.74, 6) is 1.14. The largest absolute Gasteiger partial charge is 0.465 e. The third kappa shape index (κ3) is 5.11. The molecule has 1 N–H and O–H groups in total. The van der Waals surface area contributed by atoms with E-state index in [1.165, 1.54) is 0 Å². The summed E-state index contributed by atoms with van der Waals surface area (Å²) in [7, 11) is 0. The molecular formula is C18H19F3N4O6. The molecule has 1 atom stereocenters. The van der Waals surface area contributed by atoms with Gasteiger partial charge in [0.05, 0.1) is 34.7 Å². The molecule has 0 amide bonds. The van der Waals surface area contributed by atoms with Gasteiger partial charge in [-0.15, -0.1) is 0 Å². The van der Waals surface area contributed by atoms with Gasteiger partial charge in [-0.1, -0.05) is 0 Å². The molecule has 1 saturated heterocycles. The van der Waals surface area contributed by atoms with E-state index in [1.54, 1.807) is 19.1 Å². The van der Waals surface area contributed by atoms with E-state index in [0.717, 1.165) is 0 Å². The maximum absolute atomic E-state index is 13.1. The Hall–Kier alpha value is -3.19. The van der Waals surface area contributed by atoms with Gasteiger partial charge in [0.15, 0.2) is 5.69 Å². The van der Waals surface area contributed by atoms with Gasteiger partial charge in [-0.3, -0.25) is 25.1 Å². The summed E-state index contributed by atoms with van der Waals surface area (Å²) in [5.41, 5.74) is -4.12. The van der Waals surface area contributed by atoms with Crippen LogP contribution in [-0.2, 0) is 10.9 Å². The Morgan fingerprint density at radius 3 is 2.16 bits per heavy atom. The quantitative estimate of drug-likeness (QED) is 0.504. The monoisotopic (exact) mass is 444 g/mol. The lowest BCUT2D eigenvalue weighted by Gasteiger charge is -2.33. The molecule has 10 nitrogen and oxygen atoms in total. The van der Waals surface area contributed by atoms with E-state index in [0.29, 0.717) is 37.8 Å². The van der Waals surface area contributed by atoms with Crippen molar-refractivity contribution >= 4 is 17.1 Å². The molecule has 1 aromatic carbocycles. The van der Waals surface area contributed by atoms with Crippen LogP contribution in [-0.4, -0.2) is 47.6 Å². The summed E-state index contributed by atoms with van der Waals surface area (Å²) in [6.45, 7) is 3.58. The molecule has 0 aliphatic carbocycles. The second-order valence-corrected chi connectivity index (χ2v) is 6.89. The maximum Gasteiger partial charge on any atom is 0.416 e. The van der Waals surface area contributed by atoms with Gasteiger partial charge in [0, 0.05) is 31.8 Å². The van der Waals surface area contributed by atoms with E-state index >= 15 is 0 Å². The lowest BCUT2D eigenvalue weighted by Crippen LogP contribution is -2.41. The molecule has 1 fully saturated rings. The van der Waals surface area contributed by atoms with Crippen molar-refractivity contribution in [1.82, 2.24) is 4.90 Å². The molecule has 0 bridgehead atoms. The van der Waals surface area contributed by atoms with E-state index in [4.69, 9.17) is 9.15 Å². The fourth-order valence-electron chi connectivity index (χ4n) is 3.37. The Morgan fingerprint density at radius 2 is 1.71 bits per heavy atom. The van der Waals surface area contributed by atoms with Gasteiger partial charge in [-0.25, -0.2) is 0 Å². The van der Waals surface area contributed by atoms with Crippen molar-refractivity contribution in [2.45, 2.75) is 19.1 Å². The molecule has 0 saturated carbocycles. The molecule has 168 valence electrons. The van der Waals surface area contributed by atoms with Crippen LogP contribution in [0.15, 0.2) is 28.7 Å². The SMILES string of the molecule is Cc1ccc(C(CNc2c([N+](=O)[O-])cc(C(F)(F)F)cc2[N+](=O)[O-])N2CCOCC2)o1. The number of nitrogens with one attached hydrogen (secondary N) is 1. The molecule has 0 radical (unpaired) electrons. The molecule has 1 unspecified atom stereocenters. The number of ether oxygens (including phenoxy) is 1. The Kier molecular flexibility index (Phi) is 6.45. The number of rotatable bonds is 7. The molecule has 2 aromatic rings. The number of aryl methyl sites for hydroxylation is 1. The highest BCUT2D eigenvalue weighted by atomic mass is 19.4. The molecular weight excluding hydrogens is 425 g/mol. The number of hydrogen-bond donors (Lipinski definition) is 1. The number of nitrogens with zero attached hydrogens (tertiary/aromatic N) is 3. The molecule has 1 aliphatic rings. The Labute approximate surface area is 173 Å². The van der Waals surface area contributed by atoms with E-state index in [-0.39, 0.29) is 18.7 Å². The van der Waals surface area contributed by atoms with E-state index in [2.05, 4.69) is 5.32 Å². The van der Waals surface area contributed by atoms with Crippen molar-refractivity contribution in [3.8, 4) is 0 Å². The second kappa shape index (κ2) is 8.89. The summed E-state index contributed by atoms with van der Waals surface area (Å²) in [6, 6.07) is 3.55. The molecule has 1 aliphatic heterocycles. The number of hydrogen-bond acceptors (Lipinski definition) is 8. The zero-order chi connectivity index (χ0) is 22.8. The van der Waals surface area contributed by atoms with Crippen LogP contribution in [0.25, 0.3) is 0 Å². The van der Waals surface area contributed by atoms with Gasteiger partial charge in [0.25, 0.3) is 11.4 Å². The zero-order valence-corrected chi connectivity index (χ0v) is 16.3. The van der Waals surface area contributed by atoms with Crippen molar-refractivity contribution in [2.24, 2.45) is 0 Å². The van der Waals surface area contributed by atoms with Crippen LogP contribution in [0, 0.1) is 27.2 Å². The first-order valence-corrected chi connectivity index (χ1v) is 9.24. The van der Waals surface area contributed by atoms with Crippen LogP contribution in [0.2, 0.25) is 0 Å². The molecule has 3 rings (SSSR count). The van der Waals surface area contributed by atoms with Crippen molar-refractivity contribution in [2.75, 3.05) is 38.2 Å². The van der Waals surface area contributed by atoms with Crippen LogP contribution in [0.3, 0.4) is 0 Å². The average molecular weight is 444 g/mol. The number of furan rings is 1. The van der Waals surface area contributed by atoms with E-state index in [9.17, 15) is 33.4 Å². The Bertz CT molecular complexity index is 936. The summed E-state index contributed by atoms with van der Waals surface area (Å²) >= 11 is 0. The van der Waals surface area contributed by atoms with Crippen LogP contribution in [0.5, 0.6) is 0 Å². The number of nitro benzene ring substituents is 2. The zero-order valence-electron chi connectivity index (χ0n) is 16.3. The standard InChI is InChI=1S/C18H19F3N4O6/c1-11-2-3-16(31-11)15(23-4-6-30-7-5-23)10-22-17-13(24(26)27)8-12(18(19,20)21)9-14(17)25(28)29/h2-3,8-9,15,22H,4-7,10H2,1H3. The van der Waals surface area contributed by atoms with Crippen LogP contribution < -0.4 is 5.32 Å². The molecule has 0 spiro atoms. The number of benzene rings is 1. The maximum atomic E-state index is 13.1. The summed E-state index contributed by atoms with van der Waals surface area (Å²) in [5, 5.41) is 25.5. The Morgan fingerprint density at radius 1 is 1.13 bits per heavy atom. The first-order valence-electron chi connectivity index (χ1n) is 9.24. The third-order valence-electron chi connectivity index (χ3n) is 4.87. The highest BCUT2D eigenvalue weighted by Gasteiger charge is 2.38. The molecule has 13 heteroatoms. The summed E-state index contributed by atoms with van der Waals surface area (Å²) in [4.78, 5) is 22.7. The predicted octanol–water partition coefficient (Wildman–Crippen LogP) is 3.91. The number of morpholine rings is 1. The highest BCUT2D eigenvalue weighted by Crippen LogP contribution is 2.41. The van der Waals surface area contributed by atoms with Gasteiger partial charge < -0.3 is 14.5 Å². The first-order chi connectivity index (χ1) is 14.6. The summed E-state index contributed by atoms with van der Waals surface area (Å²) in [6.07, 6.45) is -4.98. The highest BCUT2D eigenvalue weighted by molar-refractivity contribution is 5.75. The lowest BCUT2D eigenvalue weighted by atomic mass is 10.1. The minimum atomic E-state index is -4.98. The van der Waals surface area contributed by atoms with Crippen LogP contribution >= 0.6 is 0 Å². The van der Waals surface area contributed by atoms with Crippen molar-refractivity contribution in [3.63, 3.8) is 0 Å². The van der Waals surface area contributed by atoms with Gasteiger partial charge >= 0.3 is 6.18 Å².